The van der Waals surface area contributed by atoms with Crippen LogP contribution in [0, 0.1) is 5.92 Å². The summed E-state index contributed by atoms with van der Waals surface area (Å²) in [4.78, 5) is 18.8. The first-order valence-electron chi connectivity index (χ1n) is 9.45. The summed E-state index contributed by atoms with van der Waals surface area (Å²) in [6.45, 7) is 0. The van der Waals surface area contributed by atoms with Gasteiger partial charge in [0.15, 0.2) is 15.0 Å². The van der Waals surface area contributed by atoms with Gasteiger partial charge in [-0.15, -0.1) is 0 Å². The topological polar surface area (TPSA) is 66.8 Å². The van der Waals surface area contributed by atoms with E-state index in [0.717, 1.165) is 12.1 Å². The summed E-state index contributed by atoms with van der Waals surface area (Å²) in [7, 11) is -3.07. The fourth-order valence-corrected chi connectivity index (χ4v) is 8.40. The molecular formula is C19H23ClN2O3S2. The molecule has 2 heterocycles. The number of carbonyl (C=O) groups excluding carboxylic acids is 1. The highest BCUT2D eigenvalue weighted by molar-refractivity contribution is 8.16. The number of hydrogen-bond acceptors (Lipinski definition) is 4. The molecule has 0 aromatic heterocycles. The molecule has 0 spiro atoms. The Kier molecular flexibility index (Phi) is 5.54. The molecule has 5 nitrogen and oxygen atoms in total. The van der Waals surface area contributed by atoms with Gasteiger partial charge in [0.1, 0.15) is 0 Å². The van der Waals surface area contributed by atoms with E-state index in [1.807, 2.05) is 17.0 Å². The number of thioether (sulfide) groups is 1. The second-order valence-electron chi connectivity index (χ2n) is 7.63. The smallest absolute Gasteiger partial charge is 0.248 e. The Balaban J connectivity index is 1.55. The van der Waals surface area contributed by atoms with Crippen LogP contribution in [0.4, 0.5) is 5.69 Å². The lowest BCUT2D eigenvalue weighted by molar-refractivity contribution is -0.118. The fourth-order valence-electron chi connectivity index (χ4n) is 4.28. The number of hydrogen-bond donors (Lipinski definition) is 0. The van der Waals surface area contributed by atoms with E-state index >= 15 is 0 Å². The van der Waals surface area contributed by atoms with Crippen LogP contribution in [0.3, 0.4) is 0 Å². The molecule has 3 fully saturated rings. The van der Waals surface area contributed by atoms with Crippen LogP contribution in [0.25, 0.3) is 0 Å². The molecule has 3 aliphatic rings. The van der Waals surface area contributed by atoms with Crippen LogP contribution in [-0.2, 0) is 14.6 Å². The van der Waals surface area contributed by atoms with Gasteiger partial charge in [-0.2, -0.15) is 4.99 Å². The molecule has 1 aromatic carbocycles. The van der Waals surface area contributed by atoms with Gasteiger partial charge in [0.2, 0.25) is 5.91 Å². The predicted molar refractivity (Wildman–Crippen MR) is 111 cm³/mol. The molecule has 0 bridgehead atoms. The highest BCUT2D eigenvalue weighted by Gasteiger charge is 2.49. The Bertz CT molecular complexity index is 865. The van der Waals surface area contributed by atoms with E-state index in [0.29, 0.717) is 22.5 Å². The second kappa shape index (κ2) is 7.76. The van der Waals surface area contributed by atoms with E-state index in [-0.39, 0.29) is 28.7 Å². The molecule has 4 rings (SSSR count). The average molecular weight is 427 g/mol. The van der Waals surface area contributed by atoms with Gasteiger partial charge >= 0.3 is 0 Å². The predicted octanol–water partition coefficient (Wildman–Crippen LogP) is 3.91. The van der Waals surface area contributed by atoms with E-state index in [1.165, 1.54) is 37.4 Å². The van der Waals surface area contributed by atoms with Crippen molar-refractivity contribution < 1.29 is 13.2 Å². The van der Waals surface area contributed by atoms with Crippen molar-refractivity contribution in [2.45, 2.75) is 49.8 Å². The molecule has 0 N–H and O–H groups in total. The maximum absolute atomic E-state index is 12.5. The van der Waals surface area contributed by atoms with E-state index < -0.39 is 9.84 Å². The zero-order valence-electron chi connectivity index (χ0n) is 15.0. The monoisotopic (exact) mass is 426 g/mol. The lowest BCUT2D eigenvalue weighted by Crippen LogP contribution is -2.37. The van der Waals surface area contributed by atoms with E-state index in [1.54, 1.807) is 12.1 Å². The van der Waals surface area contributed by atoms with Crippen molar-refractivity contribution in [2.24, 2.45) is 10.9 Å². The van der Waals surface area contributed by atoms with Crippen molar-refractivity contribution >= 4 is 50.0 Å². The molecule has 27 heavy (non-hydrogen) atoms. The van der Waals surface area contributed by atoms with Crippen LogP contribution in [0.1, 0.15) is 38.5 Å². The first-order chi connectivity index (χ1) is 12.9. The second-order valence-corrected chi connectivity index (χ2v) is 11.4. The number of aliphatic imine (C=N–C) groups is 1. The summed E-state index contributed by atoms with van der Waals surface area (Å²) in [5, 5.41) is 1.10. The number of benzene rings is 1. The summed E-state index contributed by atoms with van der Waals surface area (Å²) in [6, 6.07) is 7.10. The van der Waals surface area contributed by atoms with Crippen molar-refractivity contribution in [3.05, 3.63) is 29.3 Å². The number of carbonyl (C=O) groups is 1. The number of rotatable bonds is 4. The zero-order chi connectivity index (χ0) is 19.0. The third kappa shape index (κ3) is 4.35. The molecular weight excluding hydrogens is 404 g/mol. The maximum atomic E-state index is 12.5. The number of amides is 1. The van der Waals surface area contributed by atoms with Crippen LogP contribution in [-0.4, -0.2) is 42.3 Å². The van der Waals surface area contributed by atoms with Gasteiger partial charge in [0, 0.05) is 22.4 Å². The molecule has 2 aliphatic heterocycles. The normalized spacial score (nSPS) is 28.8. The SMILES string of the molecule is O=C(CCC1CCCC1)N=C1S[C@H]2CS(=O)(=O)C[C@@H]2N1c1cccc(Cl)c1. The van der Waals surface area contributed by atoms with Gasteiger partial charge < -0.3 is 4.90 Å². The van der Waals surface area contributed by atoms with Crippen molar-refractivity contribution in [1.82, 2.24) is 0 Å². The van der Waals surface area contributed by atoms with Crippen LogP contribution >= 0.6 is 23.4 Å². The number of fused-ring (bicyclic) bond motifs is 1. The lowest BCUT2D eigenvalue weighted by Gasteiger charge is -2.24. The molecule has 8 heteroatoms. The number of nitrogens with zero attached hydrogens (tertiary/aromatic N) is 2. The molecule has 1 aromatic rings. The average Bonchev–Trinajstić information content (AvgIpc) is 3.27. The highest BCUT2D eigenvalue weighted by Crippen LogP contribution is 2.41. The Labute approximate surface area is 169 Å². The summed E-state index contributed by atoms with van der Waals surface area (Å²) in [6.07, 6.45) is 6.34. The molecule has 1 aliphatic carbocycles. The van der Waals surface area contributed by atoms with Gasteiger partial charge in [-0.3, -0.25) is 4.79 Å². The first kappa shape index (κ1) is 19.3. The number of sulfone groups is 1. The Morgan fingerprint density at radius 3 is 2.78 bits per heavy atom. The van der Waals surface area contributed by atoms with Crippen LogP contribution in [0.2, 0.25) is 5.02 Å². The zero-order valence-corrected chi connectivity index (χ0v) is 17.4. The Morgan fingerprint density at radius 2 is 2.04 bits per heavy atom. The molecule has 0 unspecified atom stereocenters. The van der Waals surface area contributed by atoms with Crippen molar-refractivity contribution in [1.29, 1.82) is 0 Å². The minimum atomic E-state index is -3.07. The van der Waals surface area contributed by atoms with Crippen LogP contribution < -0.4 is 4.90 Å². The number of anilines is 1. The summed E-state index contributed by atoms with van der Waals surface area (Å²) >= 11 is 7.55. The lowest BCUT2D eigenvalue weighted by atomic mass is 10.0. The fraction of sp³-hybridized carbons (Fsp3) is 0.579. The first-order valence-corrected chi connectivity index (χ1v) is 12.5. The van der Waals surface area contributed by atoms with Crippen molar-refractivity contribution in [3.8, 4) is 0 Å². The van der Waals surface area contributed by atoms with Gasteiger partial charge in [-0.25, -0.2) is 8.42 Å². The molecule has 1 amide bonds. The Morgan fingerprint density at radius 1 is 1.26 bits per heavy atom. The molecule has 0 radical (unpaired) electrons. The standard InChI is InChI=1S/C19H23ClN2O3S2/c20-14-6-3-7-15(10-14)22-16-11-27(24,25)12-17(16)26-19(22)21-18(23)9-8-13-4-1-2-5-13/h3,6-7,10,13,16-17H,1-2,4-5,8-9,11-12H2/t16-,17-/m0/s1. The van der Waals surface area contributed by atoms with Crippen LogP contribution in [0.5, 0.6) is 0 Å². The maximum Gasteiger partial charge on any atom is 0.248 e. The molecule has 1 saturated carbocycles. The van der Waals surface area contributed by atoms with E-state index in [4.69, 9.17) is 11.6 Å². The largest absolute Gasteiger partial charge is 0.316 e. The number of halogens is 1. The number of amidine groups is 1. The van der Waals surface area contributed by atoms with E-state index in [2.05, 4.69) is 4.99 Å². The van der Waals surface area contributed by atoms with Gasteiger partial charge in [0.05, 0.1) is 17.5 Å². The quantitative estimate of drug-likeness (QED) is 0.730. The summed E-state index contributed by atoms with van der Waals surface area (Å²) < 4.78 is 24.2. The minimum absolute atomic E-state index is 0.0876. The summed E-state index contributed by atoms with van der Waals surface area (Å²) in [5.74, 6) is 0.763. The molecule has 146 valence electrons. The van der Waals surface area contributed by atoms with Crippen molar-refractivity contribution in [2.75, 3.05) is 16.4 Å². The highest BCUT2D eigenvalue weighted by atomic mass is 35.5. The Hall–Kier alpha value is -1.05. The van der Waals surface area contributed by atoms with Gasteiger partial charge in [-0.05, 0) is 30.5 Å². The van der Waals surface area contributed by atoms with Gasteiger partial charge in [0.25, 0.3) is 0 Å². The third-order valence-corrected chi connectivity index (χ3v) is 9.06. The minimum Gasteiger partial charge on any atom is -0.316 e. The summed E-state index contributed by atoms with van der Waals surface area (Å²) in [5.41, 5.74) is 0.793. The molecule has 2 saturated heterocycles. The van der Waals surface area contributed by atoms with Crippen LogP contribution in [0.15, 0.2) is 29.3 Å². The van der Waals surface area contributed by atoms with E-state index in [9.17, 15) is 13.2 Å². The van der Waals surface area contributed by atoms with Crippen molar-refractivity contribution in [3.63, 3.8) is 0 Å². The third-order valence-electron chi connectivity index (χ3n) is 5.61. The molecule has 2 atom stereocenters. The van der Waals surface area contributed by atoms with Gasteiger partial charge in [-0.1, -0.05) is 55.1 Å².